The van der Waals surface area contributed by atoms with E-state index in [1.807, 2.05) is 24.3 Å². The van der Waals surface area contributed by atoms with Crippen molar-refractivity contribution in [2.24, 2.45) is 0 Å². The van der Waals surface area contributed by atoms with E-state index in [1.54, 1.807) is 0 Å². The Labute approximate surface area is 155 Å². The molecule has 0 saturated carbocycles. The lowest BCUT2D eigenvalue weighted by Crippen LogP contribution is -2.09. The molecule has 0 aliphatic heterocycles. The number of benzene rings is 2. The van der Waals surface area contributed by atoms with Crippen LogP contribution in [0.5, 0.6) is 17.2 Å². The first-order chi connectivity index (χ1) is 13.1. The first kappa shape index (κ1) is 18.2. The van der Waals surface area contributed by atoms with E-state index in [2.05, 4.69) is 9.97 Å². The summed E-state index contributed by atoms with van der Waals surface area (Å²) in [5, 5.41) is 0.747. The molecule has 3 rings (SSSR count). The van der Waals surface area contributed by atoms with Crippen LogP contribution in [0.15, 0.2) is 36.4 Å². The van der Waals surface area contributed by atoms with Crippen LogP contribution in [0.2, 0.25) is 0 Å². The number of anilines is 1. The van der Waals surface area contributed by atoms with E-state index >= 15 is 0 Å². The highest BCUT2D eigenvalue weighted by atomic mass is 16.5. The summed E-state index contributed by atoms with van der Waals surface area (Å²) in [4.78, 5) is 21.0. The standard InChI is InChI=1S/C19H19N3O5/c1-24-14-8-11(9-15(25-2)17(14)26-3)19(23)27-10-16-21-13-7-5-4-6-12(13)18(20)22-16/h4-9H,10H2,1-3H3,(H2,20,21,22). The van der Waals surface area contributed by atoms with Crippen LogP contribution < -0.4 is 19.9 Å². The minimum absolute atomic E-state index is 0.121. The lowest BCUT2D eigenvalue weighted by atomic mass is 10.2. The van der Waals surface area contributed by atoms with Crippen LogP contribution in [0.4, 0.5) is 5.82 Å². The van der Waals surface area contributed by atoms with Gasteiger partial charge in [-0.05, 0) is 24.3 Å². The van der Waals surface area contributed by atoms with Gasteiger partial charge in [0.05, 0.1) is 32.4 Å². The number of nitrogens with zero attached hydrogens (tertiary/aromatic N) is 2. The van der Waals surface area contributed by atoms with Gasteiger partial charge in [0.1, 0.15) is 5.82 Å². The van der Waals surface area contributed by atoms with Gasteiger partial charge < -0.3 is 24.7 Å². The van der Waals surface area contributed by atoms with E-state index in [0.29, 0.717) is 34.4 Å². The zero-order valence-electron chi connectivity index (χ0n) is 15.2. The van der Waals surface area contributed by atoms with Crippen LogP contribution in [0.1, 0.15) is 16.2 Å². The molecule has 3 aromatic rings. The number of methoxy groups -OCH3 is 3. The summed E-state index contributed by atoms with van der Waals surface area (Å²) in [6.45, 7) is -0.121. The fraction of sp³-hybridized carbons (Fsp3) is 0.211. The molecule has 0 radical (unpaired) electrons. The number of fused-ring (bicyclic) bond motifs is 1. The first-order valence-corrected chi connectivity index (χ1v) is 8.05. The second-order valence-corrected chi connectivity index (χ2v) is 5.53. The Morgan fingerprint density at radius 1 is 1.00 bits per heavy atom. The molecule has 8 nitrogen and oxygen atoms in total. The number of hydrogen-bond acceptors (Lipinski definition) is 8. The van der Waals surface area contributed by atoms with Crippen LogP contribution >= 0.6 is 0 Å². The van der Waals surface area contributed by atoms with Gasteiger partial charge in [-0.1, -0.05) is 12.1 Å². The molecule has 0 unspecified atom stereocenters. The summed E-state index contributed by atoms with van der Waals surface area (Å²) in [6, 6.07) is 10.4. The molecule has 2 N–H and O–H groups in total. The van der Waals surface area contributed by atoms with Gasteiger partial charge in [0.25, 0.3) is 0 Å². The number of nitrogens with two attached hydrogens (primary N) is 1. The second-order valence-electron chi connectivity index (χ2n) is 5.53. The number of para-hydroxylation sites is 1. The van der Waals surface area contributed by atoms with Gasteiger partial charge in [-0.25, -0.2) is 14.8 Å². The molecular weight excluding hydrogens is 350 g/mol. The Balaban J connectivity index is 1.82. The summed E-state index contributed by atoms with van der Waals surface area (Å²) in [6.07, 6.45) is 0. The zero-order valence-corrected chi connectivity index (χ0v) is 15.2. The van der Waals surface area contributed by atoms with E-state index < -0.39 is 5.97 Å². The molecule has 1 aromatic heterocycles. The van der Waals surface area contributed by atoms with Gasteiger partial charge in [-0.3, -0.25) is 0 Å². The van der Waals surface area contributed by atoms with E-state index in [0.717, 1.165) is 5.39 Å². The van der Waals surface area contributed by atoms with Crippen LogP contribution in [-0.2, 0) is 11.3 Å². The minimum Gasteiger partial charge on any atom is -0.493 e. The summed E-state index contributed by atoms with van der Waals surface area (Å²) in [5.74, 6) is 1.17. The normalized spacial score (nSPS) is 10.5. The predicted octanol–water partition coefficient (Wildman–Crippen LogP) is 2.59. The molecule has 0 spiro atoms. The van der Waals surface area contributed by atoms with Crippen LogP contribution in [0.3, 0.4) is 0 Å². The van der Waals surface area contributed by atoms with E-state index in [4.69, 9.17) is 24.7 Å². The molecule has 140 valence electrons. The lowest BCUT2D eigenvalue weighted by molar-refractivity contribution is 0.0462. The Hall–Kier alpha value is -3.55. The average Bonchev–Trinajstić information content (AvgIpc) is 2.70. The molecule has 0 bridgehead atoms. The van der Waals surface area contributed by atoms with Crippen LogP contribution in [0, 0.1) is 0 Å². The molecule has 0 amide bonds. The lowest BCUT2D eigenvalue weighted by Gasteiger charge is -2.13. The third-order valence-electron chi connectivity index (χ3n) is 3.91. The Kier molecular flexibility index (Phi) is 5.25. The van der Waals surface area contributed by atoms with Crippen molar-refractivity contribution in [3.63, 3.8) is 0 Å². The van der Waals surface area contributed by atoms with Crippen molar-refractivity contribution < 1.29 is 23.7 Å². The molecular formula is C19H19N3O5. The number of hydrogen-bond donors (Lipinski definition) is 1. The maximum absolute atomic E-state index is 12.4. The highest BCUT2D eigenvalue weighted by Crippen LogP contribution is 2.38. The molecule has 0 atom stereocenters. The van der Waals surface area contributed by atoms with Gasteiger partial charge in [-0.2, -0.15) is 0 Å². The topological polar surface area (TPSA) is 106 Å². The SMILES string of the molecule is COc1cc(C(=O)OCc2nc(N)c3ccccc3n2)cc(OC)c1OC. The molecule has 27 heavy (non-hydrogen) atoms. The van der Waals surface area contributed by atoms with Crippen molar-refractivity contribution in [1.82, 2.24) is 9.97 Å². The van der Waals surface area contributed by atoms with Gasteiger partial charge in [0, 0.05) is 5.39 Å². The van der Waals surface area contributed by atoms with Gasteiger partial charge in [-0.15, -0.1) is 0 Å². The first-order valence-electron chi connectivity index (χ1n) is 8.05. The van der Waals surface area contributed by atoms with E-state index in [1.165, 1.54) is 33.5 Å². The molecule has 0 aliphatic carbocycles. The number of carbonyl (C=O) groups excluding carboxylic acids is 1. The molecule has 2 aromatic carbocycles. The number of esters is 1. The van der Waals surface area contributed by atoms with Crippen molar-refractivity contribution in [3.05, 3.63) is 47.8 Å². The van der Waals surface area contributed by atoms with Gasteiger partial charge >= 0.3 is 5.97 Å². The molecule has 8 heteroatoms. The molecule has 0 saturated heterocycles. The van der Waals surface area contributed by atoms with Crippen molar-refractivity contribution in [3.8, 4) is 17.2 Å². The average molecular weight is 369 g/mol. The number of nitrogen functional groups attached to an aromatic ring is 1. The number of ether oxygens (including phenoxy) is 4. The summed E-state index contributed by atoms with van der Waals surface area (Å²) in [7, 11) is 4.43. The maximum Gasteiger partial charge on any atom is 0.338 e. The predicted molar refractivity (Wildman–Crippen MR) is 99.2 cm³/mol. The van der Waals surface area contributed by atoms with Crippen molar-refractivity contribution in [2.75, 3.05) is 27.1 Å². The highest BCUT2D eigenvalue weighted by molar-refractivity contribution is 5.91. The van der Waals surface area contributed by atoms with Crippen molar-refractivity contribution in [1.29, 1.82) is 0 Å². The number of carbonyl (C=O) groups is 1. The Morgan fingerprint density at radius 2 is 1.67 bits per heavy atom. The summed E-state index contributed by atoms with van der Waals surface area (Å²) < 4.78 is 21.0. The largest absolute Gasteiger partial charge is 0.493 e. The third-order valence-corrected chi connectivity index (χ3v) is 3.91. The number of aromatic nitrogens is 2. The van der Waals surface area contributed by atoms with E-state index in [9.17, 15) is 4.79 Å². The third kappa shape index (κ3) is 3.69. The summed E-state index contributed by atoms with van der Waals surface area (Å²) in [5.41, 5.74) is 6.88. The monoisotopic (exact) mass is 369 g/mol. The molecule has 0 fully saturated rings. The zero-order chi connectivity index (χ0) is 19.4. The quantitative estimate of drug-likeness (QED) is 0.661. The van der Waals surface area contributed by atoms with Crippen LogP contribution in [0.25, 0.3) is 10.9 Å². The maximum atomic E-state index is 12.4. The molecule has 1 heterocycles. The Morgan fingerprint density at radius 3 is 2.30 bits per heavy atom. The summed E-state index contributed by atoms with van der Waals surface area (Å²) >= 11 is 0. The van der Waals surface area contributed by atoms with E-state index in [-0.39, 0.29) is 12.2 Å². The van der Waals surface area contributed by atoms with Crippen LogP contribution in [-0.4, -0.2) is 37.3 Å². The van der Waals surface area contributed by atoms with Crippen molar-refractivity contribution in [2.45, 2.75) is 6.61 Å². The van der Waals surface area contributed by atoms with Gasteiger partial charge in [0.15, 0.2) is 23.9 Å². The highest BCUT2D eigenvalue weighted by Gasteiger charge is 2.18. The fourth-order valence-corrected chi connectivity index (χ4v) is 2.63. The minimum atomic E-state index is -0.579. The fourth-order valence-electron chi connectivity index (χ4n) is 2.63. The van der Waals surface area contributed by atoms with Gasteiger partial charge in [0.2, 0.25) is 5.75 Å². The Bertz CT molecular complexity index is 965. The van der Waals surface area contributed by atoms with Crippen molar-refractivity contribution >= 4 is 22.7 Å². The number of rotatable bonds is 6. The molecule has 0 aliphatic rings. The smallest absolute Gasteiger partial charge is 0.338 e. The second kappa shape index (κ2) is 7.77.